The Labute approximate surface area is 126 Å². The highest BCUT2D eigenvalue weighted by Crippen LogP contribution is 2.28. The molecule has 0 N–H and O–H groups in total. The molecule has 0 bridgehead atoms. The number of thiophene rings is 1. The molecule has 7 heteroatoms. The molecule has 0 fully saturated rings. The van der Waals surface area contributed by atoms with Gasteiger partial charge in [0.2, 0.25) is 0 Å². The van der Waals surface area contributed by atoms with Gasteiger partial charge in [-0.05, 0) is 23.1 Å². The van der Waals surface area contributed by atoms with Crippen LogP contribution in [-0.2, 0) is 16.6 Å². The number of rotatable bonds is 4. The Kier molecular flexibility index (Phi) is 4.53. The lowest BCUT2D eigenvalue weighted by Gasteiger charge is -2.17. The summed E-state index contributed by atoms with van der Waals surface area (Å²) in [4.78, 5) is 0. The molecule has 0 saturated carbocycles. The maximum Gasteiger partial charge on any atom is 0.252 e. The van der Waals surface area contributed by atoms with Crippen molar-refractivity contribution in [2.75, 3.05) is 7.05 Å². The average molecular weight is 336 g/mol. The maximum atomic E-state index is 12.3. The van der Waals surface area contributed by atoms with Crippen LogP contribution in [-0.4, -0.2) is 19.8 Å². The van der Waals surface area contributed by atoms with Gasteiger partial charge >= 0.3 is 0 Å². The first-order valence-corrected chi connectivity index (χ1v) is 8.43. The molecule has 0 spiro atoms. The number of hydrogen-bond acceptors (Lipinski definition) is 3. The van der Waals surface area contributed by atoms with Gasteiger partial charge in [-0.2, -0.15) is 4.31 Å². The third-order valence-electron chi connectivity index (χ3n) is 2.58. The van der Waals surface area contributed by atoms with Crippen LogP contribution in [0.4, 0.5) is 0 Å². The largest absolute Gasteiger partial charge is 0.252 e. The summed E-state index contributed by atoms with van der Waals surface area (Å²) in [5.41, 5.74) is 0.678. The molecule has 0 unspecified atom stereocenters. The van der Waals surface area contributed by atoms with Gasteiger partial charge in [-0.1, -0.05) is 41.4 Å². The van der Waals surface area contributed by atoms with E-state index in [1.807, 2.05) is 0 Å². The number of benzene rings is 1. The third kappa shape index (κ3) is 3.12. The molecule has 0 aliphatic heterocycles. The van der Waals surface area contributed by atoms with Gasteiger partial charge in [-0.3, -0.25) is 0 Å². The van der Waals surface area contributed by atoms with Crippen molar-refractivity contribution in [1.29, 1.82) is 0 Å². The minimum atomic E-state index is -3.47. The first-order chi connectivity index (χ1) is 8.93. The van der Waals surface area contributed by atoms with Gasteiger partial charge in [0.15, 0.2) is 0 Å². The summed E-state index contributed by atoms with van der Waals surface area (Å²) in [6.45, 7) is 0.180. The smallest absolute Gasteiger partial charge is 0.206 e. The molecule has 0 saturated heterocycles. The fourth-order valence-electron chi connectivity index (χ4n) is 1.56. The van der Waals surface area contributed by atoms with Crippen LogP contribution in [0.25, 0.3) is 0 Å². The highest BCUT2D eigenvalue weighted by atomic mass is 35.5. The molecule has 3 nitrogen and oxygen atoms in total. The van der Waals surface area contributed by atoms with Crippen molar-refractivity contribution in [2.45, 2.75) is 10.8 Å². The molecule has 0 aliphatic rings. The van der Waals surface area contributed by atoms with E-state index in [-0.39, 0.29) is 6.54 Å². The molecule has 19 heavy (non-hydrogen) atoms. The zero-order valence-electron chi connectivity index (χ0n) is 10.0. The Balaban J connectivity index is 2.27. The van der Waals surface area contributed by atoms with E-state index in [9.17, 15) is 8.42 Å². The molecule has 0 amide bonds. The highest BCUT2D eigenvalue weighted by molar-refractivity contribution is 7.91. The average Bonchev–Trinajstić information content (AvgIpc) is 2.89. The van der Waals surface area contributed by atoms with E-state index < -0.39 is 10.0 Å². The molecule has 1 aromatic carbocycles. The number of hydrogen-bond donors (Lipinski definition) is 0. The fourth-order valence-corrected chi connectivity index (χ4v) is 4.29. The van der Waals surface area contributed by atoms with E-state index in [0.29, 0.717) is 19.8 Å². The van der Waals surface area contributed by atoms with E-state index >= 15 is 0 Å². The number of halogens is 2. The monoisotopic (exact) mass is 335 g/mol. The first kappa shape index (κ1) is 14.8. The molecule has 2 rings (SSSR count). The second-order valence-corrected chi connectivity index (χ2v) is 7.91. The standard InChI is InChI=1S/C12H11Cl2NO2S2/c1-15(19(16,17)11-6-3-7-18-11)8-9-4-2-5-10(13)12(9)14/h2-7H,8H2,1H3. The number of sulfonamides is 1. The van der Waals surface area contributed by atoms with Crippen molar-refractivity contribution >= 4 is 44.6 Å². The molecule has 0 radical (unpaired) electrons. The van der Waals surface area contributed by atoms with E-state index in [0.717, 1.165) is 0 Å². The van der Waals surface area contributed by atoms with Crippen molar-refractivity contribution in [2.24, 2.45) is 0 Å². The van der Waals surface area contributed by atoms with Crippen LogP contribution < -0.4 is 0 Å². The first-order valence-electron chi connectivity index (χ1n) is 5.35. The van der Waals surface area contributed by atoms with Crippen LogP contribution in [0.5, 0.6) is 0 Å². The molecule has 1 aromatic heterocycles. The molecule has 2 aromatic rings. The third-order valence-corrected chi connectivity index (χ3v) is 6.62. The van der Waals surface area contributed by atoms with E-state index in [2.05, 4.69) is 0 Å². The Hall–Kier alpha value is -0.590. The fraction of sp³-hybridized carbons (Fsp3) is 0.167. The van der Waals surface area contributed by atoms with E-state index in [1.165, 1.54) is 22.7 Å². The normalized spacial score (nSPS) is 12.0. The summed E-state index contributed by atoms with van der Waals surface area (Å²) >= 11 is 13.2. The quantitative estimate of drug-likeness (QED) is 0.850. The highest BCUT2D eigenvalue weighted by Gasteiger charge is 2.22. The summed E-state index contributed by atoms with van der Waals surface area (Å²) < 4.78 is 26.1. The van der Waals surface area contributed by atoms with Crippen LogP contribution in [0, 0.1) is 0 Å². The minimum Gasteiger partial charge on any atom is -0.206 e. The molecule has 102 valence electrons. The molecule has 0 aliphatic carbocycles. The van der Waals surface area contributed by atoms with Gasteiger partial charge in [0.25, 0.3) is 10.0 Å². The second-order valence-electron chi connectivity index (χ2n) is 3.91. The predicted octanol–water partition coefficient (Wildman–Crippen LogP) is 3.88. The molecule has 1 heterocycles. The van der Waals surface area contributed by atoms with Crippen molar-refractivity contribution in [3.05, 3.63) is 51.3 Å². The topological polar surface area (TPSA) is 37.4 Å². The lowest BCUT2D eigenvalue weighted by Crippen LogP contribution is -2.25. The Morgan fingerprint density at radius 2 is 1.95 bits per heavy atom. The van der Waals surface area contributed by atoms with Gasteiger partial charge < -0.3 is 0 Å². The van der Waals surface area contributed by atoms with Crippen LogP contribution in [0.15, 0.2) is 39.9 Å². The van der Waals surface area contributed by atoms with E-state index in [1.54, 1.807) is 35.7 Å². The molecular weight excluding hydrogens is 325 g/mol. The summed E-state index contributed by atoms with van der Waals surface area (Å²) in [5, 5.41) is 2.53. The molecular formula is C12H11Cl2NO2S2. The van der Waals surface area contributed by atoms with Gasteiger partial charge in [-0.15, -0.1) is 11.3 Å². The van der Waals surface area contributed by atoms with Crippen molar-refractivity contribution < 1.29 is 8.42 Å². The van der Waals surface area contributed by atoms with Crippen molar-refractivity contribution in [1.82, 2.24) is 4.31 Å². The Morgan fingerprint density at radius 1 is 1.21 bits per heavy atom. The predicted molar refractivity (Wildman–Crippen MR) is 79.4 cm³/mol. The zero-order chi connectivity index (χ0) is 14.0. The SMILES string of the molecule is CN(Cc1cccc(Cl)c1Cl)S(=O)(=O)c1cccs1. The van der Waals surface area contributed by atoms with Gasteiger partial charge in [0.1, 0.15) is 4.21 Å². The van der Waals surface area contributed by atoms with Gasteiger partial charge in [0, 0.05) is 13.6 Å². The number of nitrogens with zero attached hydrogens (tertiary/aromatic N) is 1. The molecule has 0 atom stereocenters. The Morgan fingerprint density at radius 3 is 2.58 bits per heavy atom. The van der Waals surface area contributed by atoms with Crippen LogP contribution in [0.3, 0.4) is 0 Å². The minimum absolute atomic E-state index is 0.180. The van der Waals surface area contributed by atoms with E-state index in [4.69, 9.17) is 23.2 Å². The lowest BCUT2D eigenvalue weighted by atomic mass is 10.2. The summed E-state index contributed by atoms with van der Waals surface area (Å²) in [7, 11) is -1.95. The zero-order valence-corrected chi connectivity index (χ0v) is 13.2. The summed E-state index contributed by atoms with van der Waals surface area (Å²) in [6, 6.07) is 8.46. The summed E-state index contributed by atoms with van der Waals surface area (Å²) in [5.74, 6) is 0. The van der Waals surface area contributed by atoms with Gasteiger partial charge in [-0.25, -0.2) is 8.42 Å². The van der Waals surface area contributed by atoms with Crippen molar-refractivity contribution in [3.8, 4) is 0 Å². The maximum absolute atomic E-state index is 12.3. The Bertz CT molecular complexity index is 669. The van der Waals surface area contributed by atoms with Crippen LogP contribution in [0.2, 0.25) is 10.0 Å². The summed E-state index contributed by atoms with van der Waals surface area (Å²) in [6.07, 6.45) is 0. The van der Waals surface area contributed by atoms with Gasteiger partial charge in [0.05, 0.1) is 10.0 Å². The van der Waals surface area contributed by atoms with Crippen LogP contribution in [0.1, 0.15) is 5.56 Å². The van der Waals surface area contributed by atoms with Crippen LogP contribution >= 0.6 is 34.5 Å². The lowest BCUT2D eigenvalue weighted by molar-refractivity contribution is 0.468. The van der Waals surface area contributed by atoms with Crippen molar-refractivity contribution in [3.63, 3.8) is 0 Å². The second kappa shape index (κ2) is 5.81.